The van der Waals surface area contributed by atoms with Gasteiger partial charge in [0.1, 0.15) is 6.54 Å². The lowest BCUT2D eigenvalue weighted by molar-refractivity contribution is -0.142. The topological polar surface area (TPSA) is 70.2 Å². The fourth-order valence-electron chi connectivity index (χ4n) is 4.79. The van der Waals surface area contributed by atoms with Crippen molar-refractivity contribution in [2.75, 3.05) is 44.2 Å². The van der Waals surface area contributed by atoms with Crippen LogP contribution in [0.1, 0.15) is 31.7 Å². The number of piperazine rings is 1. The number of halogens is 1. The lowest BCUT2D eigenvalue weighted by atomic mass is 9.83. The molecule has 1 unspecified atom stereocenters. The summed E-state index contributed by atoms with van der Waals surface area (Å²) < 4.78 is 5.33. The molecule has 0 spiro atoms. The van der Waals surface area contributed by atoms with E-state index in [1.807, 2.05) is 54.6 Å². The second-order valence-electron chi connectivity index (χ2n) is 8.69. The molecule has 4 rings (SSSR count). The van der Waals surface area contributed by atoms with Crippen LogP contribution in [-0.4, -0.2) is 66.9 Å². The van der Waals surface area contributed by atoms with E-state index in [4.69, 9.17) is 16.3 Å². The smallest absolute Gasteiger partial charge is 0.336 e. The number of nitrogens with zero attached hydrogens (tertiary/aromatic N) is 3. The Morgan fingerprint density at radius 3 is 2.31 bits per heavy atom. The van der Waals surface area contributed by atoms with Crippen molar-refractivity contribution in [1.29, 1.82) is 0 Å². The number of esters is 1. The summed E-state index contributed by atoms with van der Waals surface area (Å²) in [4.78, 5) is 44.6. The van der Waals surface area contributed by atoms with E-state index in [-0.39, 0.29) is 31.4 Å². The number of carbonyl (C=O) groups excluding carboxylic acids is 3. The first kappa shape index (κ1) is 24.8. The van der Waals surface area contributed by atoms with Crippen LogP contribution in [0.15, 0.2) is 65.9 Å². The molecule has 0 aromatic heterocycles. The van der Waals surface area contributed by atoms with Gasteiger partial charge in [-0.1, -0.05) is 54.1 Å². The van der Waals surface area contributed by atoms with Crippen molar-refractivity contribution in [2.24, 2.45) is 0 Å². The number of amides is 2. The van der Waals surface area contributed by atoms with Crippen LogP contribution in [0.25, 0.3) is 0 Å². The van der Waals surface area contributed by atoms with Gasteiger partial charge in [0.2, 0.25) is 11.8 Å². The third-order valence-corrected chi connectivity index (χ3v) is 6.96. The van der Waals surface area contributed by atoms with Crippen molar-refractivity contribution >= 4 is 35.1 Å². The lowest BCUT2D eigenvalue weighted by Crippen LogP contribution is -2.52. The Bertz CT molecular complexity index is 1130. The predicted molar refractivity (Wildman–Crippen MR) is 135 cm³/mol. The highest BCUT2D eigenvalue weighted by Gasteiger charge is 2.38. The minimum absolute atomic E-state index is 0.0961. The van der Waals surface area contributed by atoms with E-state index in [9.17, 15) is 14.4 Å². The number of para-hydroxylation sites is 1. The van der Waals surface area contributed by atoms with E-state index in [2.05, 4.69) is 4.90 Å². The zero-order chi connectivity index (χ0) is 24.9. The van der Waals surface area contributed by atoms with E-state index in [1.165, 1.54) is 4.90 Å². The van der Waals surface area contributed by atoms with Gasteiger partial charge in [-0.3, -0.25) is 9.59 Å². The van der Waals surface area contributed by atoms with Crippen LogP contribution in [0.4, 0.5) is 5.69 Å². The van der Waals surface area contributed by atoms with E-state index >= 15 is 0 Å². The summed E-state index contributed by atoms with van der Waals surface area (Å²) in [6.07, 6.45) is 0.114. The van der Waals surface area contributed by atoms with E-state index < -0.39 is 11.9 Å². The molecule has 35 heavy (non-hydrogen) atoms. The first-order valence-corrected chi connectivity index (χ1v) is 12.3. The van der Waals surface area contributed by atoms with Gasteiger partial charge in [-0.15, -0.1) is 0 Å². The van der Waals surface area contributed by atoms with Gasteiger partial charge in [-0.05, 0) is 31.5 Å². The second kappa shape index (κ2) is 11.0. The van der Waals surface area contributed by atoms with Gasteiger partial charge in [0.15, 0.2) is 0 Å². The van der Waals surface area contributed by atoms with Crippen molar-refractivity contribution in [3.05, 3.63) is 76.5 Å². The van der Waals surface area contributed by atoms with Gasteiger partial charge in [0.05, 0.1) is 22.9 Å². The molecule has 2 aliphatic rings. The Morgan fingerprint density at radius 1 is 1.00 bits per heavy atom. The number of anilines is 1. The summed E-state index contributed by atoms with van der Waals surface area (Å²) in [6, 6.07) is 17.1. The average Bonchev–Trinajstić information content (AvgIpc) is 2.87. The van der Waals surface area contributed by atoms with Gasteiger partial charge in [-0.2, -0.15) is 0 Å². The van der Waals surface area contributed by atoms with Gasteiger partial charge in [-0.25, -0.2) is 4.79 Å². The fraction of sp³-hybridized carbons (Fsp3) is 0.370. The van der Waals surface area contributed by atoms with E-state index in [0.717, 1.165) is 11.3 Å². The molecule has 1 fully saturated rings. The van der Waals surface area contributed by atoms with Crippen molar-refractivity contribution in [1.82, 2.24) is 9.80 Å². The molecule has 2 amide bonds. The van der Waals surface area contributed by atoms with Crippen LogP contribution in [0.2, 0.25) is 5.02 Å². The van der Waals surface area contributed by atoms with Crippen LogP contribution in [0.5, 0.6) is 0 Å². The quantitative estimate of drug-likeness (QED) is 0.569. The minimum Gasteiger partial charge on any atom is -0.463 e. The molecule has 0 N–H and O–H groups in total. The third kappa shape index (κ3) is 5.35. The maximum atomic E-state index is 13.2. The first-order valence-electron chi connectivity index (χ1n) is 11.9. The van der Waals surface area contributed by atoms with Crippen LogP contribution in [0.3, 0.4) is 0 Å². The lowest BCUT2D eigenvalue weighted by Gasteiger charge is -2.38. The number of ether oxygens (including phenoxy) is 1. The summed E-state index contributed by atoms with van der Waals surface area (Å²) >= 11 is 6.33. The standard InChI is InChI=1S/C27H30ClN3O4/c1-3-35-27(34)26-19(2)31(24(32)17-21(26)20-9-5-4-6-10-20)18-25(33)30-15-13-29(14-16-30)23-12-8-7-11-22(23)28/h4-12,21H,3,13-18H2,1-2H3. The maximum absolute atomic E-state index is 13.2. The third-order valence-electron chi connectivity index (χ3n) is 6.64. The van der Waals surface area contributed by atoms with E-state index in [1.54, 1.807) is 18.7 Å². The Labute approximate surface area is 210 Å². The average molecular weight is 496 g/mol. The molecule has 1 saturated heterocycles. The molecule has 7 nitrogen and oxygen atoms in total. The summed E-state index contributed by atoms with van der Waals surface area (Å²) in [6.45, 7) is 5.99. The molecule has 0 saturated carbocycles. The molecule has 1 atom stereocenters. The van der Waals surface area contributed by atoms with Crippen molar-refractivity contribution in [3.63, 3.8) is 0 Å². The number of benzene rings is 2. The molecule has 0 bridgehead atoms. The molecule has 2 aliphatic heterocycles. The minimum atomic E-state index is -0.447. The molecule has 8 heteroatoms. The molecule has 0 aliphatic carbocycles. The van der Waals surface area contributed by atoms with Crippen molar-refractivity contribution in [2.45, 2.75) is 26.2 Å². The normalized spacial score (nSPS) is 18.7. The summed E-state index contributed by atoms with van der Waals surface area (Å²) in [5, 5.41) is 0.686. The monoisotopic (exact) mass is 495 g/mol. The van der Waals surface area contributed by atoms with E-state index in [0.29, 0.717) is 42.5 Å². The van der Waals surface area contributed by atoms with Gasteiger partial charge >= 0.3 is 5.97 Å². The van der Waals surface area contributed by atoms with Crippen molar-refractivity contribution < 1.29 is 19.1 Å². The van der Waals surface area contributed by atoms with Gasteiger partial charge < -0.3 is 19.4 Å². The van der Waals surface area contributed by atoms with Crippen LogP contribution in [-0.2, 0) is 19.1 Å². The summed E-state index contributed by atoms with van der Waals surface area (Å²) in [7, 11) is 0. The van der Waals surface area contributed by atoms with Gasteiger partial charge in [0.25, 0.3) is 0 Å². The number of allylic oxidation sites excluding steroid dienone is 1. The fourth-order valence-corrected chi connectivity index (χ4v) is 5.04. The summed E-state index contributed by atoms with van der Waals surface area (Å²) in [5.41, 5.74) is 2.76. The number of carbonyl (C=O) groups is 3. The highest BCUT2D eigenvalue weighted by molar-refractivity contribution is 6.33. The predicted octanol–water partition coefficient (Wildman–Crippen LogP) is 3.84. The largest absolute Gasteiger partial charge is 0.463 e. The highest BCUT2D eigenvalue weighted by Crippen LogP contribution is 2.37. The zero-order valence-electron chi connectivity index (χ0n) is 20.1. The molecule has 2 aromatic carbocycles. The SMILES string of the molecule is CCOC(=O)C1=C(C)N(CC(=O)N2CCN(c3ccccc3Cl)CC2)C(=O)CC1c1ccccc1. The number of rotatable bonds is 6. The Morgan fingerprint density at radius 2 is 1.66 bits per heavy atom. The van der Waals surface area contributed by atoms with Crippen LogP contribution in [0, 0.1) is 0 Å². The number of hydrogen-bond donors (Lipinski definition) is 0. The van der Waals surface area contributed by atoms with Crippen molar-refractivity contribution in [3.8, 4) is 0 Å². The molecular formula is C27H30ClN3O4. The summed E-state index contributed by atoms with van der Waals surface area (Å²) in [5.74, 6) is -1.16. The van der Waals surface area contributed by atoms with Gasteiger partial charge in [0, 0.05) is 44.2 Å². The Balaban J connectivity index is 1.49. The first-order chi connectivity index (χ1) is 16.9. The molecule has 0 radical (unpaired) electrons. The number of hydrogen-bond acceptors (Lipinski definition) is 5. The maximum Gasteiger partial charge on any atom is 0.336 e. The van der Waals surface area contributed by atoms with Crippen LogP contribution >= 0.6 is 11.6 Å². The Hall–Kier alpha value is -3.32. The highest BCUT2D eigenvalue weighted by atomic mass is 35.5. The van der Waals surface area contributed by atoms with Crippen LogP contribution < -0.4 is 4.90 Å². The second-order valence-corrected chi connectivity index (χ2v) is 9.09. The zero-order valence-corrected chi connectivity index (χ0v) is 20.8. The molecule has 184 valence electrons. The molecule has 2 aromatic rings. The Kier molecular flexibility index (Phi) is 7.76. The molecule has 2 heterocycles. The molecular weight excluding hydrogens is 466 g/mol.